The van der Waals surface area contributed by atoms with E-state index in [9.17, 15) is 31.1 Å². The first kappa shape index (κ1) is 24.8. The van der Waals surface area contributed by atoms with E-state index in [1.54, 1.807) is 18.2 Å². The minimum Gasteiger partial charge on any atom is -0.466 e. The van der Waals surface area contributed by atoms with E-state index >= 15 is 0 Å². The van der Waals surface area contributed by atoms with Gasteiger partial charge in [0.2, 0.25) is 17.6 Å². The summed E-state index contributed by atoms with van der Waals surface area (Å²) in [5.41, 5.74) is 2.02. The number of halogens is 7. The maximum atomic E-state index is 13.3. The van der Waals surface area contributed by atoms with Crippen molar-refractivity contribution in [1.29, 1.82) is 0 Å². The van der Waals surface area contributed by atoms with Crippen LogP contribution in [0.15, 0.2) is 30.4 Å². The van der Waals surface area contributed by atoms with Gasteiger partial charge in [0.15, 0.2) is 0 Å². The van der Waals surface area contributed by atoms with Gasteiger partial charge in [0, 0.05) is 34.2 Å². The number of fused-ring (bicyclic) bond motifs is 3. The van der Waals surface area contributed by atoms with E-state index in [0.717, 1.165) is 17.0 Å². The fourth-order valence-electron chi connectivity index (χ4n) is 3.93. The van der Waals surface area contributed by atoms with E-state index in [1.165, 1.54) is 18.1 Å². The number of hydrogen-bond donors (Lipinski definition) is 1. The Hall–Kier alpha value is -3.35. The van der Waals surface area contributed by atoms with Gasteiger partial charge in [0.25, 0.3) is 0 Å². The third-order valence-corrected chi connectivity index (χ3v) is 5.65. The molecule has 0 bridgehead atoms. The second kappa shape index (κ2) is 9.02. The van der Waals surface area contributed by atoms with Gasteiger partial charge in [-0.15, -0.1) is 0 Å². The van der Waals surface area contributed by atoms with Gasteiger partial charge in [-0.1, -0.05) is 17.7 Å². The van der Waals surface area contributed by atoms with Crippen LogP contribution in [0.1, 0.15) is 35.4 Å². The predicted octanol–water partition coefficient (Wildman–Crippen LogP) is 5.27. The maximum absolute atomic E-state index is 13.3. The summed E-state index contributed by atoms with van der Waals surface area (Å²) in [5, 5.41) is 1.24. The van der Waals surface area contributed by atoms with Crippen molar-refractivity contribution < 1.29 is 35.9 Å². The topological polar surface area (TPSA) is 84.0 Å². The average Bonchev–Trinajstić information content (AvgIpc) is 3.15. The second-order valence-electron chi connectivity index (χ2n) is 7.61. The number of nitrogens with zero attached hydrogens (tertiary/aromatic N) is 4. The molecule has 2 aromatic heterocycles. The van der Waals surface area contributed by atoms with E-state index in [0.29, 0.717) is 16.2 Å². The molecule has 4 rings (SSSR count). The lowest BCUT2D eigenvalue weighted by Gasteiger charge is -2.35. The normalized spacial score (nSPS) is 16.7. The minimum atomic E-state index is -5.23. The maximum Gasteiger partial charge on any atom is 0.451 e. The van der Waals surface area contributed by atoms with Crippen molar-refractivity contribution >= 4 is 34.4 Å². The monoisotopic (exact) mass is 519 g/mol. The summed E-state index contributed by atoms with van der Waals surface area (Å²) < 4.78 is 84.5. The quantitative estimate of drug-likeness (QED) is 0.287. The summed E-state index contributed by atoms with van der Waals surface area (Å²) in [6, 6.07) is 4.26. The Bertz CT molecular complexity index is 1270. The van der Waals surface area contributed by atoms with Gasteiger partial charge >= 0.3 is 18.3 Å². The number of H-pyrrole nitrogens is 1. The van der Waals surface area contributed by atoms with E-state index < -0.39 is 42.0 Å². The second-order valence-corrected chi connectivity index (χ2v) is 8.04. The molecule has 0 amide bonds. The van der Waals surface area contributed by atoms with Crippen molar-refractivity contribution in [3.63, 3.8) is 0 Å². The molecule has 1 aliphatic heterocycles. The fraction of sp³-hybridized carbons (Fsp3) is 0.333. The number of methoxy groups -OCH3 is 1. The summed E-state index contributed by atoms with van der Waals surface area (Å²) in [7, 11) is 1.17. The van der Waals surface area contributed by atoms with Crippen LogP contribution < -0.4 is 4.90 Å². The smallest absolute Gasteiger partial charge is 0.451 e. The third-order valence-electron chi connectivity index (χ3n) is 5.42. The summed E-state index contributed by atoms with van der Waals surface area (Å²) in [5.74, 6) is -5.35. The first-order chi connectivity index (χ1) is 16.4. The number of anilines is 1. The Kier molecular flexibility index (Phi) is 6.38. The molecule has 186 valence electrons. The number of aromatic amines is 1. The van der Waals surface area contributed by atoms with Crippen molar-refractivity contribution in [3.05, 3.63) is 58.3 Å². The molecule has 1 aromatic carbocycles. The number of benzene rings is 1. The Labute approximate surface area is 198 Å². The molecular weight excluding hydrogens is 504 g/mol. The zero-order valence-electron chi connectivity index (χ0n) is 17.8. The molecule has 0 fully saturated rings. The van der Waals surface area contributed by atoms with Crippen molar-refractivity contribution in [2.24, 2.45) is 0 Å². The summed E-state index contributed by atoms with van der Waals surface area (Å²) >= 11 is 6.11. The molecular formula is C21H16ClF6N5O2. The number of carbonyl (C=O) groups excluding carboxylic acids is 1. The van der Waals surface area contributed by atoms with Crippen molar-refractivity contribution in [3.8, 4) is 0 Å². The van der Waals surface area contributed by atoms with Gasteiger partial charge in [0.05, 0.1) is 13.2 Å². The van der Waals surface area contributed by atoms with Gasteiger partial charge in [-0.05, 0) is 36.6 Å². The fourth-order valence-corrected chi connectivity index (χ4v) is 4.10. The Morgan fingerprint density at radius 1 is 1.17 bits per heavy atom. The van der Waals surface area contributed by atoms with Gasteiger partial charge in [-0.25, -0.2) is 9.78 Å². The number of hydrogen-bond acceptors (Lipinski definition) is 6. The van der Waals surface area contributed by atoms with Crippen LogP contribution in [0, 0.1) is 0 Å². The first-order valence-corrected chi connectivity index (χ1v) is 10.5. The molecule has 0 spiro atoms. The number of carbonyl (C=O) groups is 1. The number of rotatable bonds is 4. The SMILES string of the molecule is COC(=O)/C=C/CC1c2[nH]c3ccc(Cl)cc3c2CCN1c1nc(C(F)(F)F)nc(C(F)(F)F)n1. The van der Waals surface area contributed by atoms with E-state index in [4.69, 9.17) is 11.6 Å². The van der Waals surface area contributed by atoms with E-state index in [2.05, 4.69) is 24.7 Å². The zero-order valence-corrected chi connectivity index (χ0v) is 18.6. The molecule has 0 saturated heterocycles. The predicted molar refractivity (Wildman–Crippen MR) is 113 cm³/mol. The third kappa shape index (κ3) is 5.04. The highest BCUT2D eigenvalue weighted by Gasteiger charge is 2.43. The molecule has 3 aromatic rings. The molecule has 0 saturated carbocycles. The summed E-state index contributed by atoms with van der Waals surface area (Å²) in [6.45, 7) is 0.00179. The lowest BCUT2D eigenvalue weighted by molar-refractivity contribution is -0.155. The summed E-state index contributed by atoms with van der Waals surface area (Å²) in [6.07, 6.45) is -7.64. The lowest BCUT2D eigenvalue weighted by Crippen LogP contribution is -2.37. The molecule has 14 heteroatoms. The molecule has 1 aliphatic rings. The molecule has 1 N–H and O–H groups in total. The molecule has 0 radical (unpaired) electrons. The van der Waals surface area contributed by atoms with Crippen molar-refractivity contribution in [2.75, 3.05) is 18.6 Å². The molecule has 7 nitrogen and oxygen atoms in total. The van der Waals surface area contributed by atoms with Crippen LogP contribution in [-0.2, 0) is 28.3 Å². The molecule has 1 unspecified atom stereocenters. The van der Waals surface area contributed by atoms with Crippen LogP contribution in [0.3, 0.4) is 0 Å². The van der Waals surface area contributed by atoms with Gasteiger partial charge in [-0.2, -0.15) is 36.3 Å². The molecule has 1 atom stereocenters. The van der Waals surface area contributed by atoms with E-state index in [1.807, 2.05) is 0 Å². The van der Waals surface area contributed by atoms with Crippen LogP contribution in [-0.4, -0.2) is 39.6 Å². The van der Waals surface area contributed by atoms with Crippen LogP contribution in [0.25, 0.3) is 10.9 Å². The standard InChI is InChI=1S/C21H16ClF6N5O2/c1-35-15(34)4-2-3-14-16-11(12-9-10(22)5-6-13(12)29-16)7-8-33(14)19-31-17(20(23,24)25)30-18(32-19)21(26,27)28/h2,4-6,9,14,29H,3,7-8H2,1H3/b4-2+. The Morgan fingerprint density at radius 2 is 1.83 bits per heavy atom. The largest absolute Gasteiger partial charge is 0.466 e. The minimum absolute atomic E-state index is 0.00179. The van der Waals surface area contributed by atoms with E-state index in [-0.39, 0.29) is 19.4 Å². The average molecular weight is 520 g/mol. The highest BCUT2D eigenvalue weighted by Crippen LogP contribution is 2.40. The van der Waals surface area contributed by atoms with Crippen LogP contribution in [0.4, 0.5) is 32.3 Å². The Balaban J connectivity index is 1.85. The van der Waals surface area contributed by atoms with Crippen LogP contribution in [0.2, 0.25) is 5.02 Å². The molecule has 35 heavy (non-hydrogen) atoms. The number of alkyl halides is 6. The van der Waals surface area contributed by atoms with Gasteiger partial charge < -0.3 is 14.6 Å². The number of nitrogens with one attached hydrogen (secondary N) is 1. The van der Waals surface area contributed by atoms with Crippen LogP contribution in [0.5, 0.6) is 0 Å². The molecule has 3 heterocycles. The number of ether oxygens (including phenoxy) is 1. The summed E-state index contributed by atoms with van der Waals surface area (Å²) in [4.78, 5) is 25.1. The first-order valence-electron chi connectivity index (χ1n) is 10.1. The van der Waals surface area contributed by atoms with Crippen LogP contribution >= 0.6 is 11.6 Å². The van der Waals surface area contributed by atoms with Crippen molar-refractivity contribution in [2.45, 2.75) is 31.2 Å². The highest BCUT2D eigenvalue weighted by molar-refractivity contribution is 6.31. The van der Waals surface area contributed by atoms with Crippen molar-refractivity contribution in [1.82, 2.24) is 19.9 Å². The number of aromatic nitrogens is 4. The highest BCUT2D eigenvalue weighted by atomic mass is 35.5. The number of esters is 1. The van der Waals surface area contributed by atoms with Gasteiger partial charge in [0.1, 0.15) is 0 Å². The zero-order chi connectivity index (χ0) is 25.5. The lowest BCUT2D eigenvalue weighted by atomic mass is 9.95. The molecule has 0 aliphatic carbocycles. The van der Waals surface area contributed by atoms with Gasteiger partial charge in [-0.3, -0.25) is 0 Å². The Morgan fingerprint density at radius 3 is 2.43 bits per heavy atom.